The predicted molar refractivity (Wildman–Crippen MR) is 138 cm³/mol. The molecular formula is C28H33N5O3. The number of fused-ring (bicyclic) bond motifs is 2. The first-order chi connectivity index (χ1) is 17.1. The van der Waals surface area contributed by atoms with Gasteiger partial charge in [0.2, 0.25) is 5.82 Å². The Balaban J connectivity index is 1.35. The highest BCUT2D eigenvalue weighted by atomic mass is 16.6. The Morgan fingerprint density at radius 1 is 1.19 bits per heavy atom. The average molecular weight is 488 g/mol. The first-order valence-electron chi connectivity index (χ1n) is 12.5. The van der Waals surface area contributed by atoms with Crippen molar-refractivity contribution in [2.75, 3.05) is 13.1 Å². The molecule has 1 aliphatic heterocycles. The van der Waals surface area contributed by atoms with Gasteiger partial charge in [-0.25, -0.2) is 0 Å². The van der Waals surface area contributed by atoms with Gasteiger partial charge in [0.25, 0.3) is 5.89 Å². The largest absolute Gasteiger partial charge is 0.459 e. The van der Waals surface area contributed by atoms with E-state index >= 15 is 0 Å². The van der Waals surface area contributed by atoms with Gasteiger partial charge in [-0.05, 0) is 82.9 Å². The van der Waals surface area contributed by atoms with Gasteiger partial charge < -0.3 is 9.26 Å². The van der Waals surface area contributed by atoms with Gasteiger partial charge in [-0.3, -0.25) is 14.4 Å². The van der Waals surface area contributed by atoms with Crippen LogP contribution < -0.4 is 0 Å². The van der Waals surface area contributed by atoms with Crippen molar-refractivity contribution >= 4 is 16.9 Å². The van der Waals surface area contributed by atoms with Crippen molar-refractivity contribution < 1.29 is 14.1 Å². The van der Waals surface area contributed by atoms with Crippen LogP contribution in [0.25, 0.3) is 33.7 Å². The first-order valence-corrected chi connectivity index (χ1v) is 12.5. The molecule has 2 aromatic carbocycles. The fourth-order valence-electron chi connectivity index (χ4n) is 4.88. The maximum atomic E-state index is 12.3. The van der Waals surface area contributed by atoms with Crippen LogP contribution in [0.1, 0.15) is 57.4 Å². The Bertz CT molecular complexity index is 1430. The summed E-state index contributed by atoms with van der Waals surface area (Å²) in [5, 5.41) is 9.83. The number of nitrogens with zero attached hydrogens (tertiary/aromatic N) is 5. The predicted octanol–water partition coefficient (Wildman–Crippen LogP) is 5.34. The number of rotatable bonds is 5. The standard InChI is InChI=1S/C28H33N5O3/c1-17(2)33-24-10-8-19(13-21(24)14-29-33)27-30-26(31-36-27)23-9-7-20-15-32(12-11-22(20)18(23)3)16-25(34)35-28(4,5)6/h7-10,13-14,17H,11-12,15-16H2,1-6H3. The fourth-order valence-corrected chi connectivity index (χ4v) is 4.88. The summed E-state index contributed by atoms with van der Waals surface area (Å²) in [7, 11) is 0. The summed E-state index contributed by atoms with van der Waals surface area (Å²) in [6, 6.07) is 10.5. The van der Waals surface area contributed by atoms with Crippen LogP contribution in [0.3, 0.4) is 0 Å². The van der Waals surface area contributed by atoms with Gasteiger partial charge in [-0.15, -0.1) is 0 Å². The summed E-state index contributed by atoms with van der Waals surface area (Å²) in [4.78, 5) is 19.1. The quantitative estimate of drug-likeness (QED) is 0.351. The third kappa shape index (κ3) is 4.78. The second-order valence-corrected chi connectivity index (χ2v) is 10.8. The molecule has 0 spiro atoms. The second kappa shape index (κ2) is 9.17. The highest BCUT2D eigenvalue weighted by Gasteiger charge is 2.25. The molecule has 5 rings (SSSR count). The van der Waals surface area contributed by atoms with E-state index in [-0.39, 0.29) is 5.97 Å². The van der Waals surface area contributed by atoms with Crippen molar-refractivity contribution in [3.8, 4) is 22.8 Å². The lowest BCUT2D eigenvalue weighted by Crippen LogP contribution is -2.38. The third-order valence-corrected chi connectivity index (χ3v) is 6.54. The van der Waals surface area contributed by atoms with Crippen molar-refractivity contribution in [3.63, 3.8) is 0 Å². The van der Waals surface area contributed by atoms with Crippen molar-refractivity contribution in [2.45, 2.75) is 66.2 Å². The number of benzene rings is 2. The minimum atomic E-state index is -0.471. The average Bonchev–Trinajstić information content (AvgIpc) is 3.45. The zero-order valence-electron chi connectivity index (χ0n) is 21.8. The number of ether oxygens (including phenoxy) is 1. The minimum Gasteiger partial charge on any atom is -0.459 e. The Morgan fingerprint density at radius 2 is 2.00 bits per heavy atom. The van der Waals surface area contributed by atoms with Crippen LogP contribution in [0.5, 0.6) is 0 Å². The molecule has 36 heavy (non-hydrogen) atoms. The van der Waals surface area contributed by atoms with Crippen LogP contribution in [-0.2, 0) is 22.5 Å². The SMILES string of the molecule is Cc1c(-c2noc(-c3ccc4c(cnn4C(C)C)c3)n2)ccc2c1CCN(CC(=O)OC(C)(C)C)C2. The first kappa shape index (κ1) is 24.2. The van der Waals surface area contributed by atoms with Gasteiger partial charge >= 0.3 is 5.97 Å². The molecule has 8 heteroatoms. The topological polar surface area (TPSA) is 86.3 Å². The van der Waals surface area contributed by atoms with Gasteiger partial charge in [0.05, 0.1) is 18.3 Å². The van der Waals surface area contributed by atoms with E-state index in [0.29, 0.717) is 24.3 Å². The van der Waals surface area contributed by atoms with Gasteiger partial charge in [0.15, 0.2) is 0 Å². The normalized spacial score (nSPS) is 14.4. The van der Waals surface area contributed by atoms with Crippen molar-refractivity contribution in [3.05, 3.63) is 53.2 Å². The van der Waals surface area contributed by atoms with E-state index in [1.807, 2.05) is 43.8 Å². The molecule has 0 fully saturated rings. The molecule has 0 aliphatic carbocycles. The highest BCUT2D eigenvalue weighted by molar-refractivity contribution is 5.83. The number of carbonyl (C=O) groups is 1. The lowest BCUT2D eigenvalue weighted by Gasteiger charge is -2.30. The van der Waals surface area contributed by atoms with Crippen molar-refractivity contribution in [1.29, 1.82) is 0 Å². The zero-order valence-corrected chi connectivity index (χ0v) is 21.8. The molecule has 0 amide bonds. The van der Waals surface area contributed by atoms with Crippen LogP contribution in [0, 0.1) is 6.92 Å². The summed E-state index contributed by atoms with van der Waals surface area (Å²) in [6.07, 6.45) is 2.73. The number of hydrogen-bond acceptors (Lipinski definition) is 7. The maximum absolute atomic E-state index is 12.3. The molecule has 0 saturated heterocycles. The van der Waals surface area contributed by atoms with Crippen LogP contribution in [0.4, 0.5) is 0 Å². The molecule has 0 saturated carbocycles. The molecule has 0 bridgehead atoms. The van der Waals surface area contributed by atoms with Gasteiger partial charge in [0.1, 0.15) is 5.60 Å². The van der Waals surface area contributed by atoms with Crippen LogP contribution in [0.2, 0.25) is 0 Å². The molecule has 2 aromatic heterocycles. The molecule has 1 aliphatic rings. The number of esters is 1. The Labute approximate surface area is 211 Å². The Kier molecular flexibility index (Phi) is 6.16. The van der Waals surface area contributed by atoms with E-state index in [9.17, 15) is 4.79 Å². The number of hydrogen-bond donors (Lipinski definition) is 0. The van der Waals surface area contributed by atoms with E-state index in [4.69, 9.17) is 14.2 Å². The van der Waals surface area contributed by atoms with E-state index < -0.39 is 5.60 Å². The van der Waals surface area contributed by atoms with E-state index in [1.54, 1.807) is 0 Å². The summed E-state index contributed by atoms with van der Waals surface area (Å²) in [5.74, 6) is 0.887. The second-order valence-electron chi connectivity index (χ2n) is 10.8. The maximum Gasteiger partial charge on any atom is 0.320 e. The highest BCUT2D eigenvalue weighted by Crippen LogP contribution is 2.32. The number of aromatic nitrogens is 4. The summed E-state index contributed by atoms with van der Waals surface area (Å²) >= 11 is 0. The molecule has 188 valence electrons. The van der Waals surface area contributed by atoms with Crippen LogP contribution >= 0.6 is 0 Å². The zero-order chi connectivity index (χ0) is 25.6. The van der Waals surface area contributed by atoms with Gasteiger partial charge in [0, 0.05) is 35.6 Å². The molecule has 4 aromatic rings. The van der Waals surface area contributed by atoms with E-state index in [0.717, 1.165) is 47.1 Å². The van der Waals surface area contributed by atoms with Gasteiger partial charge in [-0.2, -0.15) is 10.1 Å². The number of carbonyl (C=O) groups excluding carboxylic acids is 1. The Hall–Kier alpha value is -3.52. The fraction of sp³-hybridized carbons (Fsp3) is 0.429. The van der Waals surface area contributed by atoms with Crippen molar-refractivity contribution in [2.24, 2.45) is 0 Å². The monoisotopic (exact) mass is 487 g/mol. The third-order valence-electron chi connectivity index (χ3n) is 6.54. The summed E-state index contributed by atoms with van der Waals surface area (Å²) < 4.78 is 13.2. The molecular weight excluding hydrogens is 454 g/mol. The lowest BCUT2D eigenvalue weighted by atomic mass is 9.91. The lowest BCUT2D eigenvalue weighted by molar-refractivity contribution is -0.156. The van der Waals surface area contributed by atoms with Gasteiger partial charge in [-0.1, -0.05) is 17.3 Å². The van der Waals surface area contributed by atoms with Crippen LogP contribution in [-0.4, -0.2) is 49.5 Å². The molecule has 0 unspecified atom stereocenters. The molecule has 8 nitrogen and oxygen atoms in total. The summed E-state index contributed by atoms with van der Waals surface area (Å²) in [6.45, 7) is 13.8. The molecule has 0 N–H and O–H groups in total. The molecule has 3 heterocycles. The van der Waals surface area contributed by atoms with E-state index in [1.165, 1.54) is 11.1 Å². The van der Waals surface area contributed by atoms with Crippen molar-refractivity contribution in [1.82, 2.24) is 24.8 Å². The molecule has 0 radical (unpaired) electrons. The Morgan fingerprint density at radius 3 is 2.75 bits per heavy atom. The summed E-state index contributed by atoms with van der Waals surface area (Å²) in [5.41, 5.74) is 6.13. The van der Waals surface area contributed by atoms with E-state index in [2.05, 4.69) is 54.1 Å². The smallest absolute Gasteiger partial charge is 0.320 e. The molecule has 0 atom stereocenters. The minimum absolute atomic E-state index is 0.187. The van der Waals surface area contributed by atoms with Crippen LogP contribution in [0.15, 0.2) is 41.1 Å².